The lowest BCUT2D eigenvalue weighted by atomic mass is 10.1. The lowest BCUT2D eigenvalue weighted by Gasteiger charge is -2.32. The average molecular weight is 627 g/mol. The van der Waals surface area contributed by atoms with Crippen LogP contribution in [-0.2, 0) is 26.2 Å². The zero-order valence-electron chi connectivity index (χ0n) is 20.2. The fourth-order valence-electron chi connectivity index (χ4n) is 3.67. The normalized spacial score (nSPS) is 12.0. The van der Waals surface area contributed by atoms with Crippen LogP contribution in [0.1, 0.15) is 19.4 Å². The topological polar surface area (TPSA) is 86.8 Å². The molecule has 0 saturated heterocycles. The van der Waals surface area contributed by atoms with Gasteiger partial charge in [0.25, 0.3) is 10.0 Å². The molecule has 3 aromatic carbocycles. The van der Waals surface area contributed by atoms with Crippen LogP contribution in [0.3, 0.4) is 0 Å². The van der Waals surface area contributed by atoms with E-state index in [-0.39, 0.29) is 33.1 Å². The van der Waals surface area contributed by atoms with Crippen molar-refractivity contribution in [1.82, 2.24) is 10.2 Å². The molecular formula is C26H26BrCl2N3O4S. The minimum Gasteiger partial charge on any atom is -0.355 e. The first-order chi connectivity index (χ1) is 17.5. The van der Waals surface area contributed by atoms with Gasteiger partial charge >= 0.3 is 0 Å². The van der Waals surface area contributed by atoms with Gasteiger partial charge in [0.05, 0.1) is 10.6 Å². The zero-order chi connectivity index (χ0) is 27.2. The molecule has 1 atom stereocenters. The van der Waals surface area contributed by atoms with Crippen LogP contribution in [0.5, 0.6) is 0 Å². The monoisotopic (exact) mass is 625 g/mol. The lowest BCUT2D eigenvalue weighted by Crippen LogP contribution is -2.51. The Balaban J connectivity index is 2.05. The molecule has 0 aliphatic carbocycles. The number of anilines is 1. The summed E-state index contributed by atoms with van der Waals surface area (Å²) < 4.78 is 29.2. The van der Waals surface area contributed by atoms with Crippen LogP contribution >= 0.6 is 39.1 Å². The number of likely N-dealkylation sites (N-methyl/N-ethyl adjacent to an activating group) is 1. The molecule has 3 rings (SSSR count). The van der Waals surface area contributed by atoms with E-state index in [0.29, 0.717) is 6.54 Å². The molecule has 0 aliphatic rings. The van der Waals surface area contributed by atoms with Gasteiger partial charge in [0.2, 0.25) is 11.8 Å². The molecule has 0 saturated carbocycles. The van der Waals surface area contributed by atoms with Crippen LogP contribution in [0.2, 0.25) is 10.0 Å². The second-order valence-corrected chi connectivity index (χ2v) is 11.8. The molecule has 2 amide bonds. The van der Waals surface area contributed by atoms with Crippen LogP contribution in [0.15, 0.2) is 82.2 Å². The number of carbonyl (C=O) groups is 2. The molecule has 0 bridgehead atoms. The molecule has 37 heavy (non-hydrogen) atoms. The number of nitrogens with zero attached hydrogens (tertiary/aromatic N) is 2. The van der Waals surface area contributed by atoms with Crippen LogP contribution in [0, 0.1) is 0 Å². The molecule has 11 heteroatoms. The van der Waals surface area contributed by atoms with Crippen LogP contribution in [0.4, 0.5) is 5.69 Å². The summed E-state index contributed by atoms with van der Waals surface area (Å²) in [4.78, 5) is 27.9. The SMILES string of the molecule is CCNC(=O)C(C)N(Cc1cccc(Br)c1)C(=O)CN(c1cc(Cl)cc(Cl)c1)S(=O)(=O)c1ccccc1. The van der Waals surface area contributed by atoms with E-state index < -0.39 is 28.5 Å². The Morgan fingerprint density at radius 1 is 0.973 bits per heavy atom. The largest absolute Gasteiger partial charge is 0.355 e. The molecule has 3 aromatic rings. The molecule has 0 radical (unpaired) electrons. The zero-order valence-corrected chi connectivity index (χ0v) is 24.1. The molecule has 1 unspecified atom stereocenters. The van der Waals surface area contributed by atoms with E-state index in [4.69, 9.17) is 23.2 Å². The maximum atomic E-state index is 13.8. The minimum absolute atomic E-state index is 0.00536. The van der Waals surface area contributed by atoms with E-state index in [9.17, 15) is 18.0 Å². The maximum absolute atomic E-state index is 13.8. The van der Waals surface area contributed by atoms with E-state index in [0.717, 1.165) is 14.3 Å². The van der Waals surface area contributed by atoms with Crippen molar-refractivity contribution in [1.29, 1.82) is 0 Å². The summed E-state index contributed by atoms with van der Waals surface area (Å²) in [6.07, 6.45) is 0. The second kappa shape index (κ2) is 12.8. The van der Waals surface area contributed by atoms with Crippen molar-refractivity contribution >= 4 is 66.7 Å². The second-order valence-electron chi connectivity index (χ2n) is 8.17. The first-order valence-electron chi connectivity index (χ1n) is 11.4. The third-order valence-electron chi connectivity index (χ3n) is 5.51. The van der Waals surface area contributed by atoms with Gasteiger partial charge < -0.3 is 10.2 Å². The van der Waals surface area contributed by atoms with Gasteiger partial charge in [-0.3, -0.25) is 13.9 Å². The quantitative estimate of drug-likeness (QED) is 0.322. The summed E-state index contributed by atoms with van der Waals surface area (Å²) in [5.74, 6) is -0.927. The number of hydrogen-bond acceptors (Lipinski definition) is 4. The predicted molar refractivity (Wildman–Crippen MR) is 150 cm³/mol. The highest BCUT2D eigenvalue weighted by Crippen LogP contribution is 2.30. The number of carbonyl (C=O) groups excluding carboxylic acids is 2. The Morgan fingerprint density at radius 3 is 2.22 bits per heavy atom. The molecule has 0 aliphatic heterocycles. The highest BCUT2D eigenvalue weighted by Gasteiger charge is 2.32. The van der Waals surface area contributed by atoms with E-state index >= 15 is 0 Å². The number of amides is 2. The highest BCUT2D eigenvalue weighted by atomic mass is 79.9. The maximum Gasteiger partial charge on any atom is 0.264 e. The van der Waals surface area contributed by atoms with E-state index in [1.807, 2.05) is 24.3 Å². The van der Waals surface area contributed by atoms with Crippen molar-refractivity contribution in [3.63, 3.8) is 0 Å². The number of sulfonamides is 1. The molecule has 7 nitrogen and oxygen atoms in total. The average Bonchev–Trinajstić information content (AvgIpc) is 2.85. The van der Waals surface area contributed by atoms with E-state index in [1.54, 1.807) is 32.0 Å². The fourth-order valence-corrected chi connectivity index (χ4v) is 6.05. The molecule has 0 aromatic heterocycles. The molecule has 0 spiro atoms. The van der Waals surface area contributed by atoms with Gasteiger partial charge in [-0.05, 0) is 61.9 Å². The van der Waals surface area contributed by atoms with Gasteiger partial charge in [0, 0.05) is 27.6 Å². The van der Waals surface area contributed by atoms with Gasteiger partial charge in [-0.2, -0.15) is 0 Å². The first kappa shape index (κ1) is 29.0. The van der Waals surface area contributed by atoms with Crippen molar-refractivity contribution in [2.75, 3.05) is 17.4 Å². The van der Waals surface area contributed by atoms with Gasteiger partial charge in [0.15, 0.2) is 0 Å². The summed E-state index contributed by atoms with van der Waals surface area (Å²) in [6, 6.07) is 18.5. The van der Waals surface area contributed by atoms with Gasteiger partial charge in [-0.15, -0.1) is 0 Å². The highest BCUT2D eigenvalue weighted by molar-refractivity contribution is 9.10. The van der Waals surface area contributed by atoms with Crippen molar-refractivity contribution in [3.05, 3.63) is 92.9 Å². The first-order valence-corrected chi connectivity index (χ1v) is 14.4. The Morgan fingerprint density at radius 2 is 1.62 bits per heavy atom. The lowest BCUT2D eigenvalue weighted by molar-refractivity contribution is -0.139. The Hall–Kier alpha value is -2.59. The Kier molecular flexibility index (Phi) is 10.0. The standard InChI is InChI=1S/C26H26BrCl2N3O4S/c1-3-30-26(34)18(2)31(16-19-8-7-9-20(27)12-19)25(33)17-32(23-14-21(28)13-22(29)15-23)37(35,36)24-10-5-4-6-11-24/h4-15,18H,3,16-17H2,1-2H3,(H,30,34). The minimum atomic E-state index is -4.19. The number of hydrogen-bond donors (Lipinski definition) is 1. The Labute approximate surface area is 235 Å². The summed E-state index contributed by atoms with van der Waals surface area (Å²) in [5.41, 5.74) is 0.893. The number of nitrogens with one attached hydrogen (secondary N) is 1. The third kappa shape index (κ3) is 7.47. The van der Waals surface area contributed by atoms with Gasteiger partial charge in [-0.25, -0.2) is 8.42 Å². The van der Waals surface area contributed by atoms with E-state index in [1.165, 1.54) is 35.2 Å². The number of benzene rings is 3. The number of halogens is 3. The molecular weight excluding hydrogens is 601 g/mol. The smallest absolute Gasteiger partial charge is 0.264 e. The summed E-state index contributed by atoms with van der Waals surface area (Å²) in [6.45, 7) is 3.28. The van der Waals surface area contributed by atoms with Crippen molar-refractivity contribution in [2.24, 2.45) is 0 Å². The molecule has 1 N–H and O–H groups in total. The van der Waals surface area contributed by atoms with Crippen LogP contribution < -0.4 is 9.62 Å². The predicted octanol–water partition coefficient (Wildman–Crippen LogP) is 5.50. The molecule has 0 heterocycles. The molecule has 0 fully saturated rings. The van der Waals surface area contributed by atoms with Crippen LogP contribution in [0.25, 0.3) is 0 Å². The van der Waals surface area contributed by atoms with Crippen LogP contribution in [-0.4, -0.2) is 44.3 Å². The van der Waals surface area contributed by atoms with Gasteiger partial charge in [-0.1, -0.05) is 69.5 Å². The fraction of sp³-hybridized carbons (Fsp3) is 0.231. The van der Waals surface area contributed by atoms with Gasteiger partial charge in [0.1, 0.15) is 12.6 Å². The third-order valence-corrected chi connectivity index (χ3v) is 8.22. The summed E-state index contributed by atoms with van der Waals surface area (Å²) in [5, 5.41) is 3.15. The van der Waals surface area contributed by atoms with Crippen molar-refractivity contribution in [2.45, 2.75) is 31.3 Å². The summed E-state index contributed by atoms with van der Waals surface area (Å²) >= 11 is 15.8. The number of rotatable bonds is 10. The molecule has 196 valence electrons. The van der Waals surface area contributed by atoms with E-state index in [2.05, 4.69) is 21.2 Å². The Bertz CT molecular complexity index is 1350. The van der Waals surface area contributed by atoms with Crippen molar-refractivity contribution < 1.29 is 18.0 Å². The van der Waals surface area contributed by atoms with Crippen molar-refractivity contribution in [3.8, 4) is 0 Å². The summed E-state index contributed by atoms with van der Waals surface area (Å²) in [7, 11) is -4.19.